The lowest BCUT2D eigenvalue weighted by Crippen LogP contribution is -2.28. The molecule has 1 atom stereocenters. The first kappa shape index (κ1) is 24.3. The molecule has 0 saturated heterocycles. The summed E-state index contributed by atoms with van der Waals surface area (Å²) in [5, 5.41) is 14.4. The van der Waals surface area contributed by atoms with Gasteiger partial charge in [0.2, 0.25) is 5.92 Å². The molecule has 176 valence electrons. The van der Waals surface area contributed by atoms with E-state index in [1.54, 1.807) is 18.4 Å². The zero-order valence-corrected chi connectivity index (χ0v) is 18.4. The lowest BCUT2D eigenvalue weighted by molar-refractivity contribution is -0.142. The second-order valence-corrected chi connectivity index (χ2v) is 9.38. The molecular formula is C20H24F5N5OS. The number of nitrogens with two attached hydrogens (primary N) is 1. The van der Waals surface area contributed by atoms with Crippen LogP contribution in [-0.4, -0.2) is 32.0 Å². The SMILES string of the molecule is C/C=S(/N)c1cc(NC(=O)c2c(C)c(C(F)(F)F)nn2CC2CCC(F)(F)CC2)ccn1. The molecule has 3 rings (SSSR count). The number of rotatable bonds is 5. The molecule has 2 aromatic rings. The van der Waals surface area contributed by atoms with E-state index in [2.05, 4.69) is 15.4 Å². The number of nitrogens with one attached hydrogen (secondary N) is 1. The van der Waals surface area contributed by atoms with Crippen LogP contribution in [0.5, 0.6) is 0 Å². The minimum absolute atomic E-state index is 0.0472. The van der Waals surface area contributed by atoms with Crippen molar-refractivity contribution in [2.45, 2.75) is 63.2 Å². The molecule has 1 saturated carbocycles. The normalized spacial score (nSPS) is 18.0. The fourth-order valence-electron chi connectivity index (χ4n) is 3.69. The van der Waals surface area contributed by atoms with E-state index < -0.39 is 34.4 Å². The van der Waals surface area contributed by atoms with Crippen LogP contribution < -0.4 is 10.5 Å². The fraction of sp³-hybridized carbons (Fsp3) is 0.500. The summed E-state index contributed by atoms with van der Waals surface area (Å²) in [6, 6.07) is 3.04. The summed E-state index contributed by atoms with van der Waals surface area (Å²) in [6.07, 6.45) is -3.68. The topological polar surface area (TPSA) is 85.8 Å². The molecule has 0 radical (unpaired) electrons. The monoisotopic (exact) mass is 477 g/mol. The van der Waals surface area contributed by atoms with Crippen molar-refractivity contribution in [2.75, 3.05) is 5.32 Å². The lowest BCUT2D eigenvalue weighted by atomic mass is 9.87. The van der Waals surface area contributed by atoms with Gasteiger partial charge in [-0.1, -0.05) is 10.7 Å². The average molecular weight is 478 g/mol. The third-order valence-corrected chi connectivity index (χ3v) is 6.64. The Labute approximate surface area is 184 Å². The van der Waals surface area contributed by atoms with Crippen LogP contribution in [0.4, 0.5) is 27.6 Å². The highest BCUT2D eigenvalue weighted by Gasteiger charge is 2.40. The molecule has 1 aliphatic rings. The number of carbonyl (C=O) groups is 1. The van der Waals surface area contributed by atoms with Gasteiger partial charge in [0.1, 0.15) is 10.7 Å². The maximum absolute atomic E-state index is 13.5. The van der Waals surface area contributed by atoms with Crippen LogP contribution in [0.3, 0.4) is 0 Å². The summed E-state index contributed by atoms with van der Waals surface area (Å²) >= 11 is 0. The van der Waals surface area contributed by atoms with Crippen molar-refractivity contribution < 1.29 is 26.7 Å². The summed E-state index contributed by atoms with van der Waals surface area (Å²) in [5.74, 6) is -3.83. The number of halogens is 5. The Bertz CT molecular complexity index is 1020. The third-order valence-electron chi connectivity index (χ3n) is 5.43. The number of anilines is 1. The number of hydrogen-bond acceptors (Lipinski definition) is 4. The Hall–Kier alpha value is -2.34. The van der Waals surface area contributed by atoms with E-state index >= 15 is 0 Å². The Morgan fingerprint density at radius 2 is 2.03 bits per heavy atom. The second-order valence-electron chi connectivity index (χ2n) is 7.75. The van der Waals surface area contributed by atoms with Gasteiger partial charge in [-0.05, 0) is 50.1 Å². The van der Waals surface area contributed by atoms with Gasteiger partial charge in [-0.25, -0.2) is 13.8 Å². The highest BCUT2D eigenvalue weighted by molar-refractivity contribution is 8.12. The third kappa shape index (κ3) is 5.52. The summed E-state index contributed by atoms with van der Waals surface area (Å²) < 4.78 is 68.3. The van der Waals surface area contributed by atoms with Crippen molar-refractivity contribution in [1.29, 1.82) is 0 Å². The predicted octanol–water partition coefficient (Wildman–Crippen LogP) is 5.01. The van der Waals surface area contributed by atoms with Gasteiger partial charge in [-0.2, -0.15) is 18.3 Å². The number of aromatic nitrogens is 3. The van der Waals surface area contributed by atoms with Gasteiger partial charge in [-0.3, -0.25) is 14.6 Å². The van der Waals surface area contributed by atoms with E-state index in [9.17, 15) is 26.7 Å². The molecule has 0 spiro atoms. The second kappa shape index (κ2) is 9.26. The van der Waals surface area contributed by atoms with Crippen molar-refractivity contribution in [1.82, 2.24) is 14.8 Å². The van der Waals surface area contributed by atoms with Crippen molar-refractivity contribution in [3.05, 3.63) is 35.3 Å². The van der Waals surface area contributed by atoms with Crippen LogP contribution in [0.15, 0.2) is 23.4 Å². The van der Waals surface area contributed by atoms with Crippen LogP contribution in [0.1, 0.15) is 54.4 Å². The van der Waals surface area contributed by atoms with Crippen LogP contribution >= 0.6 is 10.7 Å². The van der Waals surface area contributed by atoms with Crippen molar-refractivity contribution in [3.8, 4) is 0 Å². The zero-order chi connectivity index (χ0) is 23.7. The lowest BCUT2D eigenvalue weighted by Gasteiger charge is -2.28. The summed E-state index contributed by atoms with van der Waals surface area (Å²) in [6.45, 7) is 2.89. The standard InChI is InChI=1S/C20H24F5N5OS/c1-3-32(26)15-10-14(6-9-27-15)28-18(31)16-12(2)17(20(23,24)25)29-30(16)11-13-4-7-19(21,22)8-5-13/h3,6,9-10,13H,4-5,7-8,11,26H2,1-2H3,(H,27,28,31). The van der Waals surface area contributed by atoms with Crippen molar-refractivity contribution in [2.24, 2.45) is 11.1 Å². The van der Waals surface area contributed by atoms with E-state index in [0.717, 1.165) is 4.68 Å². The smallest absolute Gasteiger partial charge is 0.321 e. The highest BCUT2D eigenvalue weighted by atomic mass is 32.2. The molecule has 0 aliphatic heterocycles. The van der Waals surface area contributed by atoms with Gasteiger partial charge in [0, 0.05) is 36.8 Å². The zero-order valence-electron chi connectivity index (χ0n) is 17.5. The van der Waals surface area contributed by atoms with E-state index in [1.807, 2.05) is 0 Å². The molecule has 3 N–H and O–H groups in total. The Kier molecular flexibility index (Phi) is 7.03. The van der Waals surface area contributed by atoms with Gasteiger partial charge in [-0.15, -0.1) is 0 Å². The van der Waals surface area contributed by atoms with E-state index in [4.69, 9.17) is 5.14 Å². The molecule has 1 aliphatic carbocycles. The Morgan fingerprint density at radius 3 is 2.62 bits per heavy atom. The molecule has 2 aromatic heterocycles. The van der Waals surface area contributed by atoms with Crippen molar-refractivity contribution >= 4 is 27.6 Å². The average Bonchev–Trinajstić information content (AvgIpc) is 3.05. The number of carbonyl (C=O) groups excluding carboxylic acids is 1. The Morgan fingerprint density at radius 1 is 1.38 bits per heavy atom. The number of pyridine rings is 1. The van der Waals surface area contributed by atoms with E-state index in [0.29, 0.717) is 10.7 Å². The van der Waals surface area contributed by atoms with Gasteiger partial charge in [0.25, 0.3) is 5.91 Å². The molecule has 12 heteroatoms. The molecule has 32 heavy (non-hydrogen) atoms. The predicted molar refractivity (Wildman–Crippen MR) is 113 cm³/mol. The molecule has 2 heterocycles. The Balaban J connectivity index is 1.90. The quantitative estimate of drug-likeness (QED) is 0.469. The first-order valence-electron chi connectivity index (χ1n) is 9.98. The van der Waals surface area contributed by atoms with Gasteiger partial charge in [0.15, 0.2) is 5.69 Å². The summed E-state index contributed by atoms with van der Waals surface area (Å²) in [7, 11) is -0.753. The number of alkyl halides is 5. The molecule has 1 unspecified atom stereocenters. The van der Waals surface area contributed by atoms with Crippen LogP contribution in [0, 0.1) is 12.8 Å². The van der Waals surface area contributed by atoms with Gasteiger partial charge < -0.3 is 5.32 Å². The minimum atomic E-state index is -4.75. The first-order valence-corrected chi connectivity index (χ1v) is 11.3. The summed E-state index contributed by atoms with van der Waals surface area (Å²) in [4.78, 5) is 17.1. The molecule has 0 aromatic carbocycles. The van der Waals surface area contributed by atoms with Crippen LogP contribution in [0.2, 0.25) is 0 Å². The maximum atomic E-state index is 13.5. The summed E-state index contributed by atoms with van der Waals surface area (Å²) in [5.41, 5.74) is -1.40. The molecule has 1 amide bonds. The highest BCUT2D eigenvalue weighted by Crippen LogP contribution is 2.38. The fourth-order valence-corrected chi connectivity index (χ4v) is 4.38. The van der Waals surface area contributed by atoms with Crippen molar-refractivity contribution in [3.63, 3.8) is 0 Å². The van der Waals surface area contributed by atoms with Crippen LogP contribution in [-0.2, 0) is 12.7 Å². The van der Waals surface area contributed by atoms with Gasteiger partial charge in [0.05, 0.1) is 0 Å². The van der Waals surface area contributed by atoms with E-state index in [1.165, 1.54) is 19.2 Å². The first-order chi connectivity index (χ1) is 14.9. The molecule has 1 fully saturated rings. The maximum Gasteiger partial charge on any atom is 0.435 e. The number of hydrogen-bond donors (Lipinski definition) is 2. The van der Waals surface area contributed by atoms with E-state index in [-0.39, 0.29) is 49.4 Å². The molecule has 6 nitrogen and oxygen atoms in total. The van der Waals surface area contributed by atoms with Crippen LogP contribution in [0.25, 0.3) is 0 Å². The minimum Gasteiger partial charge on any atom is -0.321 e. The molecular weight excluding hydrogens is 453 g/mol. The van der Waals surface area contributed by atoms with Gasteiger partial charge >= 0.3 is 6.18 Å². The number of amides is 1. The molecule has 0 bridgehead atoms. The largest absolute Gasteiger partial charge is 0.435 e. The number of nitrogens with zero attached hydrogens (tertiary/aromatic N) is 3.